The third-order valence-corrected chi connectivity index (χ3v) is 11.7. The van der Waals surface area contributed by atoms with Gasteiger partial charge in [-0.15, -0.1) is 0 Å². The first-order valence-corrected chi connectivity index (χ1v) is 18.2. The summed E-state index contributed by atoms with van der Waals surface area (Å²) in [5, 5.41) is 7.50. The minimum absolute atomic E-state index is 0.0789. The molecule has 0 fully saturated rings. The van der Waals surface area contributed by atoms with Crippen LogP contribution in [-0.2, 0) is 5.41 Å². The van der Waals surface area contributed by atoms with Crippen molar-refractivity contribution in [1.82, 2.24) is 0 Å². The van der Waals surface area contributed by atoms with Crippen LogP contribution in [0.15, 0.2) is 170 Å². The Labute approximate surface area is 303 Å². The van der Waals surface area contributed by atoms with Crippen LogP contribution in [0.2, 0.25) is 0 Å². The van der Waals surface area contributed by atoms with Crippen molar-refractivity contribution in [1.29, 1.82) is 0 Å². The molecule has 0 spiro atoms. The zero-order chi connectivity index (χ0) is 34.6. The molecule has 9 aromatic rings. The summed E-state index contributed by atoms with van der Waals surface area (Å²) in [6.45, 7) is 4.75. The lowest BCUT2D eigenvalue weighted by Gasteiger charge is -2.23. The smallest absolute Gasteiger partial charge is 0.135 e. The standard InChI is InChI=1S/C51H34O/c1-51(2)45-25-20-32-12-6-7-14-40(32)49(45)43-23-19-36(30-46(43)51)37-15-8-13-34-28-35(18-22-38(34)37)39-24-27-48-50-41(39)16-9-17-42(50)44-29-33(21-26-47(44)52-48)31-10-4-3-5-11-31/h3-30H,1-2H3. The first kappa shape index (κ1) is 29.3. The molecule has 0 saturated carbocycles. The molecule has 1 heteroatoms. The van der Waals surface area contributed by atoms with E-state index < -0.39 is 0 Å². The Morgan fingerprint density at radius 3 is 1.98 bits per heavy atom. The molecule has 0 radical (unpaired) electrons. The van der Waals surface area contributed by atoms with Crippen molar-refractivity contribution >= 4 is 32.3 Å². The molecule has 0 bridgehead atoms. The number of ether oxygens (including phenoxy) is 1. The number of hydrogen-bond donors (Lipinski definition) is 0. The van der Waals surface area contributed by atoms with E-state index in [4.69, 9.17) is 4.74 Å². The van der Waals surface area contributed by atoms with Gasteiger partial charge in [-0.3, -0.25) is 0 Å². The maximum absolute atomic E-state index is 6.55. The highest BCUT2D eigenvalue weighted by Gasteiger charge is 2.36. The number of rotatable bonds is 3. The zero-order valence-corrected chi connectivity index (χ0v) is 29.1. The molecule has 0 saturated heterocycles. The number of benzene rings is 9. The molecular weight excluding hydrogens is 629 g/mol. The van der Waals surface area contributed by atoms with Crippen LogP contribution in [0.25, 0.3) is 88.0 Å². The molecule has 1 aliphatic heterocycles. The molecule has 0 atom stereocenters. The van der Waals surface area contributed by atoms with E-state index in [0.29, 0.717) is 0 Å². The molecule has 1 nitrogen and oxygen atoms in total. The van der Waals surface area contributed by atoms with Crippen molar-refractivity contribution in [2.45, 2.75) is 19.3 Å². The highest BCUT2D eigenvalue weighted by atomic mass is 16.5. The minimum Gasteiger partial charge on any atom is -0.456 e. The lowest BCUT2D eigenvalue weighted by atomic mass is 9.81. The predicted octanol–water partition coefficient (Wildman–Crippen LogP) is 14.2. The van der Waals surface area contributed by atoms with Crippen molar-refractivity contribution in [2.24, 2.45) is 0 Å². The zero-order valence-electron chi connectivity index (χ0n) is 29.1. The maximum Gasteiger partial charge on any atom is 0.135 e. The van der Waals surface area contributed by atoms with Crippen LogP contribution in [0.5, 0.6) is 11.5 Å². The number of fused-ring (bicyclic) bond motifs is 8. The van der Waals surface area contributed by atoms with Gasteiger partial charge in [0.25, 0.3) is 0 Å². The third kappa shape index (κ3) is 4.17. The Kier molecular flexibility index (Phi) is 6.08. The fourth-order valence-corrected chi connectivity index (χ4v) is 9.07. The topological polar surface area (TPSA) is 9.23 Å². The average Bonchev–Trinajstić information content (AvgIpc) is 3.43. The third-order valence-electron chi connectivity index (χ3n) is 11.7. The van der Waals surface area contributed by atoms with Gasteiger partial charge in [0.2, 0.25) is 0 Å². The summed E-state index contributed by atoms with van der Waals surface area (Å²) >= 11 is 0. The molecule has 0 N–H and O–H groups in total. The van der Waals surface area contributed by atoms with Gasteiger partial charge in [-0.1, -0.05) is 153 Å². The molecular formula is C51H34O. The fraction of sp³-hybridized carbons (Fsp3) is 0.0588. The lowest BCUT2D eigenvalue weighted by molar-refractivity contribution is 0.487. The van der Waals surface area contributed by atoms with E-state index in [9.17, 15) is 0 Å². The van der Waals surface area contributed by atoms with Crippen molar-refractivity contribution in [2.75, 3.05) is 0 Å². The summed E-state index contributed by atoms with van der Waals surface area (Å²) in [6, 6.07) is 62.3. The van der Waals surface area contributed by atoms with Crippen LogP contribution in [-0.4, -0.2) is 0 Å². The first-order chi connectivity index (χ1) is 25.5. The molecule has 11 rings (SSSR count). The Bertz CT molecular complexity index is 2950. The molecule has 9 aromatic carbocycles. The summed E-state index contributed by atoms with van der Waals surface area (Å²) < 4.78 is 6.55. The average molecular weight is 663 g/mol. The molecule has 1 aliphatic carbocycles. The lowest BCUT2D eigenvalue weighted by Crippen LogP contribution is -2.15. The van der Waals surface area contributed by atoms with E-state index in [1.807, 2.05) is 0 Å². The van der Waals surface area contributed by atoms with Crippen LogP contribution >= 0.6 is 0 Å². The van der Waals surface area contributed by atoms with E-state index in [2.05, 4.69) is 184 Å². The second kappa shape index (κ2) is 10.8. The highest BCUT2D eigenvalue weighted by molar-refractivity contribution is 6.11. The number of hydrogen-bond acceptors (Lipinski definition) is 1. The van der Waals surface area contributed by atoms with E-state index in [1.165, 1.54) is 93.5 Å². The molecule has 244 valence electrons. The van der Waals surface area contributed by atoms with Gasteiger partial charge in [0, 0.05) is 16.4 Å². The SMILES string of the molecule is CC1(C)c2cc(-c3cccc4cc(-c5ccc6c7c(cccc57)-c5cc(-c7ccccc7)ccc5O6)ccc34)ccc2-c2c1ccc1ccccc21. The Balaban J connectivity index is 1.01. The van der Waals surface area contributed by atoms with Crippen LogP contribution in [0.4, 0.5) is 0 Å². The Morgan fingerprint density at radius 1 is 0.365 bits per heavy atom. The molecule has 0 amide bonds. The largest absolute Gasteiger partial charge is 0.456 e. The predicted molar refractivity (Wildman–Crippen MR) is 218 cm³/mol. The van der Waals surface area contributed by atoms with Crippen LogP contribution in [0.1, 0.15) is 25.0 Å². The normalized spacial score (nSPS) is 13.5. The summed E-state index contributed by atoms with van der Waals surface area (Å²) in [4.78, 5) is 0. The van der Waals surface area contributed by atoms with Crippen molar-refractivity contribution in [3.63, 3.8) is 0 Å². The Hall–Kier alpha value is -6.44. The first-order valence-electron chi connectivity index (χ1n) is 18.2. The van der Waals surface area contributed by atoms with Gasteiger partial charge in [0.05, 0.1) is 0 Å². The van der Waals surface area contributed by atoms with Crippen LogP contribution in [0.3, 0.4) is 0 Å². The molecule has 52 heavy (non-hydrogen) atoms. The molecule has 2 aliphatic rings. The van der Waals surface area contributed by atoms with Gasteiger partial charge >= 0.3 is 0 Å². The molecule has 0 unspecified atom stereocenters. The van der Waals surface area contributed by atoms with Gasteiger partial charge in [-0.05, 0) is 118 Å². The van der Waals surface area contributed by atoms with Gasteiger partial charge < -0.3 is 4.74 Å². The fourth-order valence-electron chi connectivity index (χ4n) is 9.07. The maximum atomic E-state index is 6.55. The van der Waals surface area contributed by atoms with Gasteiger partial charge in [0.1, 0.15) is 11.5 Å². The summed E-state index contributed by atoms with van der Waals surface area (Å²) in [7, 11) is 0. The van der Waals surface area contributed by atoms with Gasteiger partial charge in [-0.25, -0.2) is 0 Å². The Morgan fingerprint density at radius 2 is 1.06 bits per heavy atom. The molecule has 1 heterocycles. The summed E-state index contributed by atoms with van der Waals surface area (Å²) in [5.41, 5.74) is 15.1. The second-order valence-electron chi connectivity index (χ2n) is 14.9. The van der Waals surface area contributed by atoms with E-state index >= 15 is 0 Å². The van der Waals surface area contributed by atoms with Crippen molar-refractivity contribution in [3.8, 4) is 67.1 Å². The van der Waals surface area contributed by atoms with Crippen molar-refractivity contribution in [3.05, 3.63) is 181 Å². The summed E-state index contributed by atoms with van der Waals surface area (Å²) in [6.07, 6.45) is 0. The van der Waals surface area contributed by atoms with Crippen LogP contribution in [0, 0.1) is 0 Å². The summed E-state index contributed by atoms with van der Waals surface area (Å²) in [5.74, 6) is 1.81. The van der Waals surface area contributed by atoms with E-state index in [-0.39, 0.29) is 5.41 Å². The molecule has 0 aromatic heterocycles. The monoisotopic (exact) mass is 662 g/mol. The van der Waals surface area contributed by atoms with E-state index in [1.54, 1.807) is 0 Å². The highest BCUT2D eigenvalue weighted by Crippen LogP contribution is 2.53. The second-order valence-corrected chi connectivity index (χ2v) is 14.9. The van der Waals surface area contributed by atoms with Gasteiger partial charge in [-0.2, -0.15) is 0 Å². The van der Waals surface area contributed by atoms with E-state index in [0.717, 1.165) is 17.1 Å². The van der Waals surface area contributed by atoms with Gasteiger partial charge in [0.15, 0.2) is 0 Å². The van der Waals surface area contributed by atoms with Crippen molar-refractivity contribution < 1.29 is 4.74 Å². The quantitative estimate of drug-likeness (QED) is 0.183. The minimum atomic E-state index is -0.0789. The van der Waals surface area contributed by atoms with Crippen LogP contribution < -0.4 is 4.74 Å².